The summed E-state index contributed by atoms with van der Waals surface area (Å²) in [6.07, 6.45) is 3.65. The molecule has 0 saturated carbocycles. The summed E-state index contributed by atoms with van der Waals surface area (Å²) in [5.74, 6) is 0.661. The van der Waals surface area contributed by atoms with Gasteiger partial charge in [-0.2, -0.15) is 0 Å². The molecule has 3 heteroatoms. The number of anilines is 1. The Morgan fingerprint density at radius 3 is 2.38 bits per heavy atom. The lowest BCUT2D eigenvalue weighted by molar-refractivity contribution is 0.411. The zero-order chi connectivity index (χ0) is 15.4. The second-order valence-corrected chi connectivity index (χ2v) is 5.04. The Kier molecular flexibility index (Phi) is 4.43. The highest BCUT2D eigenvalue weighted by Crippen LogP contribution is 2.29. The zero-order valence-corrected chi connectivity index (χ0v) is 12.6. The van der Waals surface area contributed by atoms with E-state index in [2.05, 4.69) is 0 Å². The number of hydrogen-bond donors (Lipinski definition) is 2. The van der Waals surface area contributed by atoms with E-state index in [-0.39, 0.29) is 0 Å². The minimum absolute atomic E-state index is 0.341. The van der Waals surface area contributed by atoms with Gasteiger partial charge in [-0.15, -0.1) is 0 Å². The van der Waals surface area contributed by atoms with Crippen molar-refractivity contribution in [1.29, 1.82) is 5.41 Å². The normalized spacial score (nSPS) is 10.8. The molecule has 2 aromatic carbocycles. The average Bonchev–Trinajstić information content (AvgIpc) is 2.48. The molecule has 0 aromatic heterocycles. The Balaban J connectivity index is 2.32. The van der Waals surface area contributed by atoms with Crippen molar-refractivity contribution < 1.29 is 4.74 Å². The zero-order valence-electron chi connectivity index (χ0n) is 12.6. The van der Waals surface area contributed by atoms with Crippen LogP contribution in [0.1, 0.15) is 22.3 Å². The Bertz CT molecular complexity index is 685. The number of nitrogens with two attached hydrogens (primary N) is 1. The predicted octanol–water partition coefficient (Wildman–Crippen LogP) is 3.98. The maximum absolute atomic E-state index is 8.26. The first-order chi connectivity index (χ1) is 10.0. The van der Waals surface area contributed by atoms with Gasteiger partial charge in [0.15, 0.2) is 0 Å². The van der Waals surface area contributed by atoms with Crippen LogP contribution in [0.3, 0.4) is 0 Å². The average molecular weight is 280 g/mol. The number of nitrogen functional groups attached to an aromatic ring is 1. The van der Waals surface area contributed by atoms with Crippen molar-refractivity contribution in [1.82, 2.24) is 0 Å². The highest BCUT2D eigenvalue weighted by Gasteiger charge is 2.13. The van der Waals surface area contributed by atoms with Gasteiger partial charge in [0.2, 0.25) is 0 Å². The Hall–Kier alpha value is -2.55. The maximum Gasteiger partial charge on any atom is 0.133 e. The van der Waals surface area contributed by atoms with Crippen LogP contribution in [-0.4, -0.2) is 12.8 Å². The van der Waals surface area contributed by atoms with Gasteiger partial charge in [-0.1, -0.05) is 42.0 Å². The molecule has 0 amide bonds. The second-order valence-electron chi connectivity index (χ2n) is 5.04. The molecule has 0 bridgehead atoms. The van der Waals surface area contributed by atoms with Gasteiger partial charge in [-0.25, -0.2) is 0 Å². The molecule has 2 rings (SSSR count). The van der Waals surface area contributed by atoms with Gasteiger partial charge in [0.05, 0.1) is 18.4 Å². The molecule has 0 fully saturated rings. The van der Waals surface area contributed by atoms with Crippen molar-refractivity contribution in [2.75, 3.05) is 12.8 Å². The summed E-state index contributed by atoms with van der Waals surface area (Å²) < 4.78 is 5.39. The molecule has 0 spiro atoms. The molecular weight excluding hydrogens is 260 g/mol. The Morgan fingerprint density at radius 2 is 1.76 bits per heavy atom. The van der Waals surface area contributed by atoms with Crippen LogP contribution in [0.25, 0.3) is 6.08 Å². The third-order valence-electron chi connectivity index (χ3n) is 3.38. The lowest BCUT2D eigenvalue weighted by Crippen LogP contribution is -2.05. The van der Waals surface area contributed by atoms with Crippen LogP contribution in [0.5, 0.6) is 5.75 Å². The highest BCUT2D eigenvalue weighted by molar-refractivity contribution is 6.13. The van der Waals surface area contributed by atoms with Crippen LogP contribution in [0.15, 0.2) is 42.5 Å². The smallest absolute Gasteiger partial charge is 0.133 e. The monoisotopic (exact) mass is 280 g/mol. The van der Waals surface area contributed by atoms with E-state index < -0.39 is 0 Å². The standard InChI is InChI=1S/C18H20N2O/c1-12-4-7-14(8-5-12)9-11-16(20)17-15(19)10-6-13(2)18(17)21-3/h4-11,20H,19H2,1-3H3/b11-9+,20-16?. The lowest BCUT2D eigenvalue weighted by Gasteiger charge is -2.13. The van der Waals surface area contributed by atoms with Gasteiger partial charge < -0.3 is 15.9 Å². The second kappa shape index (κ2) is 6.27. The van der Waals surface area contributed by atoms with E-state index in [1.807, 2.05) is 50.3 Å². The van der Waals surface area contributed by atoms with Crippen molar-refractivity contribution in [3.05, 3.63) is 64.7 Å². The Morgan fingerprint density at radius 1 is 1.10 bits per heavy atom. The number of allylic oxidation sites excluding steroid dienone is 1. The number of benzene rings is 2. The quantitative estimate of drug-likeness (QED) is 0.657. The summed E-state index contributed by atoms with van der Waals surface area (Å²) in [5.41, 5.74) is 10.8. The molecule has 0 heterocycles. The van der Waals surface area contributed by atoms with E-state index in [0.29, 0.717) is 22.7 Å². The first kappa shape index (κ1) is 14.9. The molecule has 2 aromatic rings. The third kappa shape index (κ3) is 3.31. The Labute approximate surface area is 125 Å². The molecule has 0 radical (unpaired) electrons. The molecule has 0 unspecified atom stereocenters. The number of ether oxygens (including phenoxy) is 1. The summed E-state index contributed by atoms with van der Waals surface area (Å²) in [7, 11) is 1.60. The summed E-state index contributed by atoms with van der Waals surface area (Å²) in [4.78, 5) is 0. The molecule has 3 N–H and O–H groups in total. The van der Waals surface area contributed by atoms with E-state index in [1.54, 1.807) is 19.3 Å². The SMILES string of the molecule is COc1c(C)ccc(N)c1C(=N)/C=C/c1ccc(C)cc1. The van der Waals surface area contributed by atoms with Gasteiger partial charge in [0.1, 0.15) is 5.75 Å². The molecule has 3 nitrogen and oxygen atoms in total. The third-order valence-corrected chi connectivity index (χ3v) is 3.38. The molecule has 0 atom stereocenters. The van der Waals surface area contributed by atoms with Crippen LogP contribution in [0, 0.1) is 19.3 Å². The fourth-order valence-electron chi connectivity index (χ4n) is 2.18. The van der Waals surface area contributed by atoms with Crippen LogP contribution >= 0.6 is 0 Å². The summed E-state index contributed by atoms with van der Waals surface area (Å²) in [5, 5.41) is 8.26. The van der Waals surface area contributed by atoms with Crippen molar-refractivity contribution in [3.63, 3.8) is 0 Å². The van der Waals surface area contributed by atoms with E-state index in [0.717, 1.165) is 11.1 Å². The van der Waals surface area contributed by atoms with E-state index in [1.165, 1.54) is 5.56 Å². The van der Waals surface area contributed by atoms with Crippen molar-refractivity contribution >= 4 is 17.5 Å². The first-order valence-electron chi connectivity index (χ1n) is 6.79. The van der Waals surface area contributed by atoms with E-state index >= 15 is 0 Å². The van der Waals surface area contributed by atoms with E-state index in [4.69, 9.17) is 15.9 Å². The van der Waals surface area contributed by atoms with Crippen LogP contribution < -0.4 is 10.5 Å². The van der Waals surface area contributed by atoms with Gasteiger partial charge in [0, 0.05) is 5.69 Å². The van der Waals surface area contributed by atoms with Gasteiger partial charge in [-0.3, -0.25) is 0 Å². The largest absolute Gasteiger partial charge is 0.496 e. The summed E-state index contributed by atoms with van der Waals surface area (Å²) in [6.45, 7) is 3.99. The number of nitrogens with one attached hydrogen (secondary N) is 1. The minimum Gasteiger partial charge on any atom is -0.496 e. The molecule has 0 aliphatic heterocycles. The minimum atomic E-state index is 0.341. The van der Waals surface area contributed by atoms with Crippen LogP contribution in [0.4, 0.5) is 5.69 Å². The van der Waals surface area contributed by atoms with Crippen molar-refractivity contribution in [3.8, 4) is 5.75 Å². The molecule has 0 aliphatic rings. The first-order valence-corrected chi connectivity index (χ1v) is 6.79. The fourth-order valence-corrected chi connectivity index (χ4v) is 2.18. The van der Waals surface area contributed by atoms with Gasteiger partial charge in [0.25, 0.3) is 0 Å². The highest BCUT2D eigenvalue weighted by atomic mass is 16.5. The molecule has 0 saturated heterocycles. The lowest BCUT2D eigenvalue weighted by atomic mass is 10.0. The van der Waals surface area contributed by atoms with Crippen LogP contribution in [0.2, 0.25) is 0 Å². The fraction of sp³-hybridized carbons (Fsp3) is 0.167. The van der Waals surface area contributed by atoms with Gasteiger partial charge in [-0.05, 0) is 37.1 Å². The number of hydrogen-bond acceptors (Lipinski definition) is 3. The molecular formula is C18H20N2O. The van der Waals surface area contributed by atoms with Crippen LogP contribution in [-0.2, 0) is 0 Å². The summed E-state index contributed by atoms with van der Waals surface area (Å²) in [6, 6.07) is 11.8. The van der Waals surface area contributed by atoms with Gasteiger partial charge >= 0.3 is 0 Å². The molecule has 108 valence electrons. The van der Waals surface area contributed by atoms with Crippen molar-refractivity contribution in [2.45, 2.75) is 13.8 Å². The number of aryl methyl sites for hydroxylation is 2. The topological polar surface area (TPSA) is 59.1 Å². The molecule has 0 aliphatic carbocycles. The molecule has 21 heavy (non-hydrogen) atoms. The van der Waals surface area contributed by atoms with E-state index in [9.17, 15) is 0 Å². The number of rotatable bonds is 4. The number of methoxy groups -OCH3 is 1. The van der Waals surface area contributed by atoms with Crippen molar-refractivity contribution in [2.24, 2.45) is 0 Å². The maximum atomic E-state index is 8.26. The summed E-state index contributed by atoms with van der Waals surface area (Å²) >= 11 is 0. The predicted molar refractivity (Wildman–Crippen MR) is 89.2 cm³/mol.